The van der Waals surface area contributed by atoms with Crippen molar-refractivity contribution in [2.24, 2.45) is 0 Å². The Morgan fingerprint density at radius 2 is 2.27 bits per heavy atom. The number of aromatic nitrogens is 4. The Labute approximate surface area is 153 Å². The number of thioether (sulfide) groups is 1. The van der Waals surface area contributed by atoms with Gasteiger partial charge >= 0.3 is 5.97 Å². The van der Waals surface area contributed by atoms with Crippen LogP contribution in [0.2, 0.25) is 0 Å². The summed E-state index contributed by atoms with van der Waals surface area (Å²) in [6, 6.07) is 3.59. The summed E-state index contributed by atoms with van der Waals surface area (Å²) in [6.45, 7) is 0.628. The lowest BCUT2D eigenvalue weighted by molar-refractivity contribution is -0.150. The van der Waals surface area contributed by atoms with Crippen LogP contribution >= 0.6 is 11.8 Å². The van der Waals surface area contributed by atoms with Crippen LogP contribution in [-0.4, -0.2) is 71.4 Å². The van der Waals surface area contributed by atoms with E-state index in [0.29, 0.717) is 24.1 Å². The van der Waals surface area contributed by atoms with Crippen LogP contribution in [0.1, 0.15) is 11.8 Å². The van der Waals surface area contributed by atoms with Gasteiger partial charge in [-0.1, -0.05) is 11.8 Å². The Balaban J connectivity index is 1.39. The standard InChI is InChI=1S/C15H18N4O6S/c1-21-12(20)7-23-11-6-25-13-10(5-24-14(11)13)19-15(16-17-18-19)26-8-9-3-2-4-22-9/h2-4,10-11,13-14H,5-8H2,1H3/t10-,11-,13-,14+/m0/s1. The molecule has 4 heterocycles. The van der Waals surface area contributed by atoms with E-state index in [1.54, 1.807) is 10.9 Å². The average Bonchev–Trinajstić information content (AvgIpc) is 3.42. The Morgan fingerprint density at radius 1 is 1.38 bits per heavy atom. The molecule has 4 rings (SSSR count). The van der Waals surface area contributed by atoms with Crippen LogP contribution < -0.4 is 0 Å². The molecule has 2 aromatic rings. The van der Waals surface area contributed by atoms with Crippen molar-refractivity contribution in [1.82, 2.24) is 20.2 Å². The van der Waals surface area contributed by atoms with E-state index in [9.17, 15) is 4.79 Å². The molecule has 4 atom stereocenters. The van der Waals surface area contributed by atoms with Crippen LogP contribution in [0.3, 0.4) is 0 Å². The molecule has 2 aromatic heterocycles. The first kappa shape index (κ1) is 17.5. The van der Waals surface area contributed by atoms with Crippen LogP contribution in [-0.2, 0) is 29.5 Å². The summed E-state index contributed by atoms with van der Waals surface area (Å²) in [5.74, 6) is 1.04. The summed E-state index contributed by atoms with van der Waals surface area (Å²) < 4.78 is 28.9. The molecule has 10 nitrogen and oxygen atoms in total. The summed E-state index contributed by atoms with van der Waals surface area (Å²) >= 11 is 1.48. The van der Waals surface area contributed by atoms with Gasteiger partial charge in [-0.05, 0) is 22.6 Å². The molecule has 11 heteroatoms. The number of rotatable bonds is 7. The molecular formula is C15H18N4O6S. The van der Waals surface area contributed by atoms with Gasteiger partial charge in [-0.2, -0.15) is 0 Å². The summed E-state index contributed by atoms with van der Waals surface area (Å²) in [5, 5.41) is 12.6. The second-order valence-electron chi connectivity index (χ2n) is 5.86. The maximum atomic E-state index is 11.3. The van der Waals surface area contributed by atoms with Gasteiger partial charge in [0.25, 0.3) is 0 Å². The lowest BCUT2D eigenvalue weighted by Gasteiger charge is -2.17. The minimum atomic E-state index is -0.430. The second kappa shape index (κ2) is 7.74. The average molecular weight is 382 g/mol. The number of nitrogens with zero attached hydrogens (tertiary/aromatic N) is 4. The van der Waals surface area contributed by atoms with E-state index in [4.69, 9.17) is 18.6 Å². The molecule has 140 valence electrons. The fourth-order valence-corrected chi connectivity index (χ4v) is 3.88. The zero-order valence-corrected chi connectivity index (χ0v) is 14.8. The predicted molar refractivity (Wildman–Crippen MR) is 86.4 cm³/mol. The fraction of sp³-hybridized carbons (Fsp3) is 0.600. The number of methoxy groups -OCH3 is 1. The number of tetrazole rings is 1. The highest BCUT2D eigenvalue weighted by Crippen LogP contribution is 2.36. The highest BCUT2D eigenvalue weighted by Gasteiger charge is 2.50. The molecule has 0 spiro atoms. The van der Waals surface area contributed by atoms with Gasteiger partial charge in [0, 0.05) is 0 Å². The first-order valence-electron chi connectivity index (χ1n) is 8.11. The number of hydrogen-bond acceptors (Lipinski definition) is 10. The molecule has 0 radical (unpaired) electrons. The SMILES string of the molecule is COC(=O)CO[C@H]1CO[C@@H]2[C@@H]1OC[C@@H]2n1nnnc1SCc1ccco1. The van der Waals surface area contributed by atoms with Gasteiger partial charge in [0.15, 0.2) is 0 Å². The zero-order valence-electron chi connectivity index (χ0n) is 14.0. The summed E-state index contributed by atoms with van der Waals surface area (Å²) in [7, 11) is 1.32. The second-order valence-corrected chi connectivity index (χ2v) is 6.81. The van der Waals surface area contributed by atoms with E-state index in [2.05, 4.69) is 20.3 Å². The Kier molecular flexibility index (Phi) is 5.20. The van der Waals surface area contributed by atoms with E-state index in [1.807, 2.05) is 12.1 Å². The first-order valence-corrected chi connectivity index (χ1v) is 9.09. The molecule has 2 saturated heterocycles. The third kappa shape index (κ3) is 3.47. The monoisotopic (exact) mass is 382 g/mol. The first-order chi connectivity index (χ1) is 12.8. The van der Waals surface area contributed by atoms with E-state index in [0.717, 1.165) is 5.76 Å². The number of carbonyl (C=O) groups excluding carboxylic acids is 1. The van der Waals surface area contributed by atoms with Crippen LogP contribution in [0.15, 0.2) is 28.0 Å². The van der Waals surface area contributed by atoms with Gasteiger partial charge in [-0.15, -0.1) is 5.10 Å². The van der Waals surface area contributed by atoms with E-state index < -0.39 is 5.97 Å². The van der Waals surface area contributed by atoms with E-state index in [1.165, 1.54) is 18.9 Å². The van der Waals surface area contributed by atoms with Crippen LogP contribution in [0.4, 0.5) is 0 Å². The number of ether oxygens (including phenoxy) is 4. The highest BCUT2D eigenvalue weighted by atomic mass is 32.2. The van der Waals surface area contributed by atoms with E-state index in [-0.39, 0.29) is 31.0 Å². The maximum Gasteiger partial charge on any atom is 0.331 e. The molecule has 0 bridgehead atoms. The lowest BCUT2D eigenvalue weighted by atomic mass is 10.1. The molecule has 0 aliphatic carbocycles. The number of fused-ring (bicyclic) bond motifs is 1. The van der Waals surface area contributed by atoms with Crippen molar-refractivity contribution >= 4 is 17.7 Å². The molecule has 0 saturated carbocycles. The summed E-state index contributed by atoms with van der Waals surface area (Å²) in [6.07, 6.45) is 0.815. The van der Waals surface area contributed by atoms with Crippen LogP contribution in [0.5, 0.6) is 0 Å². The quantitative estimate of drug-likeness (QED) is 0.494. The molecule has 2 aliphatic heterocycles. The minimum absolute atomic E-state index is 0.128. The van der Waals surface area contributed by atoms with E-state index >= 15 is 0 Å². The topological polar surface area (TPSA) is 111 Å². The molecule has 0 amide bonds. The van der Waals surface area contributed by atoms with Crippen LogP contribution in [0.25, 0.3) is 0 Å². The number of esters is 1. The van der Waals surface area contributed by atoms with Gasteiger partial charge in [0.1, 0.15) is 36.7 Å². The molecule has 26 heavy (non-hydrogen) atoms. The third-order valence-electron chi connectivity index (χ3n) is 4.33. The number of furan rings is 1. The Bertz CT molecular complexity index is 738. The van der Waals surface area contributed by atoms with Gasteiger partial charge in [0.2, 0.25) is 5.16 Å². The Hall–Kier alpha value is -1.95. The summed E-state index contributed by atoms with van der Waals surface area (Å²) in [4.78, 5) is 11.3. The molecule has 0 unspecified atom stereocenters. The lowest BCUT2D eigenvalue weighted by Crippen LogP contribution is -2.33. The molecule has 2 aliphatic rings. The number of hydrogen-bond donors (Lipinski definition) is 0. The molecular weight excluding hydrogens is 364 g/mol. The number of carbonyl (C=O) groups is 1. The summed E-state index contributed by atoms with van der Waals surface area (Å²) in [5.41, 5.74) is 0. The smallest absolute Gasteiger partial charge is 0.331 e. The van der Waals surface area contributed by atoms with Crippen molar-refractivity contribution in [3.8, 4) is 0 Å². The molecule has 0 N–H and O–H groups in total. The van der Waals surface area contributed by atoms with Crippen molar-refractivity contribution in [3.05, 3.63) is 24.2 Å². The zero-order chi connectivity index (χ0) is 17.9. The fourth-order valence-electron chi connectivity index (χ4n) is 3.05. The highest BCUT2D eigenvalue weighted by molar-refractivity contribution is 7.98. The molecule has 0 aromatic carbocycles. The van der Waals surface area contributed by atoms with Crippen molar-refractivity contribution in [1.29, 1.82) is 0 Å². The van der Waals surface area contributed by atoms with Gasteiger partial charge in [-0.25, -0.2) is 9.48 Å². The van der Waals surface area contributed by atoms with Crippen molar-refractivity contribution in [2.75, 3.05) is 26.9 Å². The van der Waals surface area contributed by atoms with Crippen molar-refractivity contribution in [2.45, 2.75) is 35.3 Å². The van der Waals surface area contributed by atoms with Crippen LogP contribution in [0, 0.1) is 0 Å². The molecule has 2 fully saturated rings. The van der Waals surface area contributed by atoms with Gasteiger partial charge in [0.05, 0.1) is 32.3 Å². The predicted octanol–water partition coefficient (Wildman–Crippen LogP) is 0.455. The van der Waals surface area contributed by atoms with Gasteiger partial charge < -0.3 is 23.4 Å². The maximum absolute atomic E-state index is 11.3. The Morgan fingerprint density at radius 3 is 3.08 bits per heavy atom. The third-order valence-corrected chi connectivity index (χ3v) is 5.28. The van der Waals surface area contributed by atoms with Crippen molar-refractivity contribution in [3.63, 3.8) is 0 Å². The van der Waals surface area contributed by atoms with Crippen molar-refractivity contribution < 1.29 is 28.2 Å². The minimum Gasteiger partial charge on any atom is -0.468 e. The normalized spacial score (nSPS) is 27.6. The largest absolute Gasteiger partial charge is 0.468 e. The van der Waals surface area contributed by atoms with Gasteiger partial charge in [-0.3, -0.25) is 0 Å².